The number of methoxy groups -OCH3 is 1. The molecule has 0 spiro atoms. The van der Waals surface area contributed by atoms with Gasteiger partial charge >= 0.3 is 5.97 Å². The molecule has 0 saturated heterocycles. The fourth-order valence-corrected chi connectivity index (χ4v) is 5.44. The van der Waals surface area contributed by atoms with Crippen LogP contribution in [0.4, 0.5) is 17.5 Å². The van der Waals surface area contributed by atoms with Crippen LogP contribution in [0.3, 0.4) is 0 Å². The van der Waals surface area contributed by atoms with Gasteiger partial charge in [0.05, 0.1) is 24.5 Å². The largest absolute Gasteiger partial charge is 0.469 e. The molecule has 0 aliphatic heterocycles. The number of anilines is 3. The van der Waals surface area contributed by atoms with Crippen molar-refractivity contribution >= 4 is 45.6 Å². The molecule has 3 heterocycles. The van der Waals surface area contributed by atoms with Gasteiger partial charge in [-0.05, 0) is 68.9 Å². The summed E-state index contributed by atoms with van der Waals surface area (Å²) in [6, 6.07) is 12.5. The van der Waals surface area contributed by atoms with Crippen molar-refractivity contribution in [2.45, 2.75) is 45.6 Å². The van der Waals surface area contributed by atoms with Gasteiger partial charge in [-0.2, -0.15) is 10.1 Å². The average molecular weight is 512 g/mol. The number of oxazole rings is 1. The summed E-state index contributed by atoms with van der Waals surface area (Å²) in [6.07, 6.45) is 4.60. The molecule has 10 heteroatoms. The second kappa shape index (κ2) is 9.44. The zero-order valence-corrected chi connectivity index (χ0v) is 21.6. The SMILES string of the molecule is COC(=O)C1CCC(n2nc(-c3ccc(Nc4nc5cc(C)cc(C)c5o4)cc3)c3c(N)ncnc32)CC1. The van der Waals surface area contributed by atoms with Gasteiger partial charge < -0.3 is 20.2 Å². The van der Waals surface area contributed by atoms with Crippen molar-refractivity contribution in [1.82, 2.24) is 24.7 Å². The first kappa shape index (κ1) is 23.9. The number of aryl methyl sites for hydroxylation is 2. The maximum absolute atomic E-state index is 12.0. The van der Waals surface area contributed by atoms with Crippen LogP contribution < -0.4 is 11.1 Å². The van der Waals surface area contributed by atoms with Crippen LogP contribution in [-0.2, 0) is 9.53 Å². The Hall–Kier alpha value is -4.47. The zero-order valence-electron chi connectivity index (χ0n) is 21.6. The van der Waals surface area contributed by atoms with Crippen molar-refractivity contribution in [3.8, 4) is 11.3 Å². The monoisotopic (exact) mass is 511 g/mol. The minimum atomic E-state index is -0.141. The van der Waals surface area contributed by atoms with Crippen molar-refractivity contribution in [3.05, 3.63) is 53.9 Å². The number of nitrogen functional groups attached to an aromatic ring is 1. The first-order valence-electron chi connectivity index (χ1n) is 12.7. The van der Waals surface area contributed by atoms with Crippen molar-refractivity contribution in [2.75, 3.05) is 18.2 Å². The van der Waals surface area contributed by atoms with Crippen molar-refractivity contribution in [1.29, 1.82) is 0 Å². The second-order valence-corrected chi connectivity index (χ2v) is 9.93. The third-order valence-corrected chi connectivity index (χ3v) is 7.32. The van der Waals surface area contributed by atoms with Gasteiger partial charge in [0.1, 0.15) is 23.4 Å². The molecule has 6 rings (SSSR count). The molecule has 194 valence electrons. The van der Waals surface area contributed by atoms with Gasteiger partial charge in [-0.1, -0.05) is 18.2 Å². The fourth-order valence-electron chi connectivity index (χ4n) is 5.44. The molecule has 0 atom stereocenters. The van der Waals surface area contributed by atoms with Crippen molar-refractivity contribution in [2.24, 2.45) is 5.92 Å². The van der Waals surface area contributed by atoms with Crippen molar-refractivity contribution < 1.29 is 13.9 Å². The van der Waals surface area contributed by atoms with E-state index in [4.69, 9.17) is 20.0 Å². The zero-order chi connectivity index (χ0) is 26.4. The highest BCUT2D eigenvalue weighted by molar-refractivity contribution is 5.98. The lowest BCUT2D eigenvalue weighted by Gasteiger charge is -2.27. The van der Waals surface area contributed by atoms with Crippen LogP contribution in [0.25, 0.3) is 33.4 Å². The van der Waals surface area contributed by atoms with Gasteiger partial charge in [0.15, 0.2) is 11.2 Å². The molecule has 1 saturated carbocycles. The lowest BCUT2D eigenvalue weighted by atomic mass is 9.86. The van der Waals surface area contributed by atoms with E-state index in [9.17, 15) is 4.79 Å². The van der Waals surface area contributed by atoms with E-state index < -0.39 is 0 Å². The topological polar surface area (TPSA) is 134 Å². The molecule has 5 aromatic rings. The lowest BCUT2D eigenvalue weighted by molar-refractivity contribution is -0.146. The summed E-state index contributed by atoms with van der Waals surface area (Å²) >= 11 is 0. The van der Waals surface area contributed by atoms with E-state index in [0.717, 1.165) is 70.2 Å². The Kier molecular flexibility index (Phi) is 5.94. The summed E-state index contributed by atoms with van der Waals surface area (Å²) in [5.41, 5.74) is 13.3. The summed E-state index contributed by atoms with van der Waals surface area (Å²) in [4.78, 5) is 25.3. The molecule has 1 fully saturated rings. The molecule has 0 bridgehead atoms. The molecule has 3 aromatic heterocycles. The maximum atomic E-state index is 12.0. The number of carbonyl (C=O) groups is 1. The molecular formula is C28H29N7O3. The minimum absolute atomic E-state index is 0.0635. The number of esters is 1. The third-order valence-electron chi connectivity index (χ3n) is 7.32. The standard InChI is InChI=1S/C28H29N7O3/c1-15-12-16(2)24-21(13-15)33-28(38-24)32-19-8-4-17(5-9-19)23-22-25(29)30-14-31-26(22)35(34-23)20-10-6-18(7-11-20)27(36)37-3/h4-5,8-9,12-14,18,20H,6-7,10-11H2,1-3H3,(H,32,33)(H2,29,30,31). The van der Waals surface area contributed by atoms with E-state index in [1.807, 2.05) is 48.9 Å². The normalized spacial score (nSPS) is 17.7. The number of aromatic nitrogens is 5. The highest BCUT2D eigenvalue weighted by Gasteiger charge is 2.30. The van der Waals surface area contributed by atoms with E-state index in [2.05, 4.69) is 26.3 Å². The van der Waals surface area contributed by atoms with E-state index >= 15 is 0 Å². The maximum Gasteiger partial charge on any atom is 0.308 e. The number of nitrogens with two attached hydrogens (primary N) is 1. The number of ether oxygens (including phenoxy) is 1. The van der Waals surface area contributed by atoms with Crippen LogP contribution in [0, 0.1) is 19.8 Å². The predicted octanol–water partition coefficient (Wildman–Crippen LogP) is 5.48. The number of benzene rings is 2. The molecule has 0 amide bonds. The molecular weight excluding hydrogens is 482 g/mol. The summed E-state index contributed by atoms with van der Waals surface area (Å²) in [5.74, 6) is 0.183. The number of hydrogen-bond acceptors (Lipinski definition) is 9. The molecule has 10 nitrogen and oxygen atoms in total. The van der Waals surface area contributed by atoms with Crippen LogP contribution in [0.2, 0.25) is 0 Å². The Morgan fingerprint density at radius 1 is 1.11 bits per heavy atom. The highest BCUT2D eigenvalue weighted by atomic mass is 16.5. The van der Waals surface area contributed by atoms with Gasteiger partial charge in [-0.3, -0.25) is 4.79 Å². The molecule has 0 unspecified atom stereocenters. The van der Waals surface area contributed by atoms with Crippen LogP contribution in [-0.4, -0.2) is 37.8 Å². The number of nitrogens with zero attached hydrogens (tertiary/aromatic N) is 5. The minimum Gasteiger partial charge on any atom is -0.469 e. The van der Waals surface area contributed by atoms with E-state index in [-0.39, 0.29) is 17.9 Å². The van der Waals surface area contributed by atoms with Crippen LogP contribution in [0.5, 0.6) is 0 Å². The molecule has 3 N–H and O–H groups in total. The molecule has 2 aromatic carbocycles. The number of carbonyl (C=O) groups excluding carboxylic acids is 1. The highest BCUT2D eigenvalue weighted by Crippen LogP contribution is 2.38. The fraction of sp³-hybridized carbons (Fsp3) is 0.321. The average Bonchev–Trinajstić information content (AvgIpc) is 3.51. The number of hydrogen-bond donors (Lipinski definition) is 2. The lowest BCUT2D eigenvalue weighted by Crippen LogP contribution is -2.25. The van der Waals surface area contributed by atoms with Gasteiger partial charge in [-0.25, -0.2) is 14.6 Å². The van der Waals surface area contributed by atoms with E-state index in [1.54, 1.807) is 0 Å². The van der Waals surface area contributed by atoms with E-state index in [1.165, 1.54) is 13.4 Å². The Morgan fingerprint density at radius 2 is 1.87 bits per heavy atom. The molecule has 0 radical (unpaired) electrons. The Balaban J connectivity index is 1.28. The summed E-state index contributed by atoms with van der Waals surface area (Å²) < 4.78 is 12.8. The molecule has 1 aliphatic carbocycles. The van der Waals surface area contributed by atoms with Gasteiger partial charge in [0.2, 0.25) is 0 Å². The molecule has 38 heavy (non-hydrogen) atoms. The van der Waals surface area contributed by atoms with Crippen LogP contribution in [0.1, 0.15) is 42.9 Å². The third kappa shape index (κ3) is 4.21. The Bertz CT molecular complexity index is 1650. The molecule has 1 aliphatic rings. The Labute approximate surface area is 219 Å². The van der Waals surface area contributed by atoms with Crippen molar-refractivity contribution in [3.63, 3.8) is 0 Å². The van der Waals surface area contributed by atoms with Crippen LogP contribution in [0.15, 0.2) is 47.1 Å². The second-order valence-electron chi connectivity index (χ2n) is 9.93. The summed E-state index contributed by atoms with van der Waals surface area (Å²) in [7, 11) is 1.44. The summed E-state index contributed by atoms with van der Waals surface area (Å²) in [6.45, 7) is 4.06. The Morgan fingerprint density at radius 3 is 2.61 bits per heavy atom. The number of nitrogens with one attached hydrogen (secondary N) is 1. The number of rotatable bonds is 5. The first-order chi connectivity index (χ1) is 18.4. The number of fused-ring (bicyclic) bond motifs is 2. The quantitative estimate of drug-likeness (QED) is 0.294. The predicted molar refractivity (Wildman–Crippen MR) is 145 cm³/mol. The van der Waals surface area contributed by atoms with Gasteiger partial charge in [0, 0.05) is 11.3 Å². The van der Waals surface area contributed by atoms with Crippen LogP contribution >= 0.6 is 0 Å². The van der Waals surface area contributed by atoms with Gasteiger partial charge in [0.25, 0.3) is 6.01 Å². The van der Waals surface area contributed by atoms with E-state index in [0.29, 0.717) is 17.5 Å². The summed E-state index contributed by atoms with van der Waals surface area (Å²) in [5, 5.41) is 8.94. The first-order valence-corrected chi connectivity index (χ1v) is 12.7. The smallest absolute Gasteiger partial charge is 0.308 e. The van der Waals surface area contributed by atoms with Gasteiger partial charge in [-0.15, -0.1) is 0 Å².